The van der Waals surface area contributed by atoms with E-state index in [0.717, 1.165) is 18.7 Å². The third-order valence-corrected chi connectivity index (χ3v) is 4.32. The first-order chi connectivity index (χ1) is 11.2. The van der Waals surface area contributed by atoms with Crippen LogP contribution in [0.2, 0.25) is 0 Å². The number of halogens is 1. The zero-order chi connectivity index (χ0) is 16.2. The molecule has 2 N–H and O–H groups in total. The number of nitrogens with two attached hydrogens (primary N) is 1. The van der Waals surface area contributed by atoms with Crippen LogP contribution in [-0.2, 0) is 0 Å². The van der Waals surface area contributed by atoms with E-state index in [-0.39, 0.29) is 24.4 Å². The highest BCUT2D eigenvalue weighted by Gasteiger charge is 2.32. The lowest BCUT2D eigenvalue weighted by Gasteiger charge is -2.21. The highest BCUT2D eigenvalue weighted by molar-refractivity contribution is 5.95. The average molecular weight is 347 g/mol. The Labute approximate surface area is 149 Å². The monoisotopic (exact) mass is 346 g/mol. The second kappa shape index (κ2) is 8.18. The molecule has 1 fully saturated rings. The minimum Gasteiger partial charge on any atom is -0.457 e. The van der Waals surface area contributed by atoms with E-state index in [1.807, 2.05) is 53.4 Å². The van der Waals surface area contributed by atoms with E-state index in [0.29, 0.717) is 23.8 Å². The van der Waals surface area contributed by atoms with Gasteiger partial charge in [-0.1, -0.05) is 24.3 Å². The number of hydrogen-bond acceptors (Lipinski definition) is 3. The lowest BCUT2D eigenvalue weighted by molar-refractivity contribution is 0.0743. The minimum atomic E-state index is 0. The summed E-state index contributed by atoms with van der Waals surface area (Å²) in [5, 5.41) is 0. The van der Waals surface area contributed by atoms with Crippen LogP contribution in [0.4, 0.5) is 0 Å². The lowest BCUT2D eigenvalue weighted by Crippen LogP contribution is -2.34. The summed E-state index contributed by atoms with van der Waals surface area (Å²) in [5.74, 6) is 1.88. The van der Waals surface area contributed by atoms with Gasteiger partial charge < -0.3 is 15.4 Å². The van der Waals surface area contributed by atoms with Crippen molar-refractivity contribution in [3.05, 3.63) is 60.2 Å². The largest absolute Gasteiger partial charge is 0.457 e. The van der Waals surface area contributed by atoms with Gasteiger partial charge in [0.2, 0.25) is 0 Å². The molecule has 0 spiro atoms. The van der Waals surface area contributed by atoms with Gasteiger partial charge >= 0.3 is 0 Å². The zero-order valence-corrected chi connectivity index (χ0v) is 14.5. The first-order valence-electron chi connectivity index (χ1n) is 8.01. The molecule has 2 aromatic rings. The highest BCUT2D eigenvalue weighted by atomic mass is 35.5. The van der Waals surface area contributed by atoms with Gasteiger partial charge in [-0.25, -0.2) is 0 Å². The number of likely N-dealkylation sites (tertiary alicyclic amines) is 1. The van der Waals surface area contributed by atoms with Gasteiger partial charge in [0.15, 0.2) is 0 Å². The van der Waals surface area contributed by atoms with Crippen molar-refractivity contribution in [1.82, 2.24) is 4.90 Å². The van der Waals surface area contributed by atoms with E-state index in [2.05, 4.69) is 6.92 Å². The Balaban J connectivity index is 0.00000208. The summed E-state index contributed by atoms with van der Waals surface area (Å²) >= 11 is 0. The van der Waals surface area contributed by atoms with Gasteiger partial charge in [-0.2, -0.15) is 0 Å². The van der Waals surface area contributed by atoms with E-state index >= 15 is 0 Å². The van der Waals surface area contributed by atoms with Crippen molar-refractivity contribution in [3.8, 4) is 11.5 Å². The number of carbonyl (C=O) groups excluding carboxylic acids is 1. The molecule has 0 saturated carbocycles. The predicted octanol–water partition coefficient (Wildman–Crippen LogP) is 3.71. The van der Waals surface area contributed by atoms with E-state index in [1.54, 1.807) is 6.07 Å². The molecule has 24 heavy (non-hydrogen) atoms. The molecular formula is C19H23ClN2O2. The molecule has 1 saturated heterocycles. The third-order valence-electron chi connectivity index (χ3n) is 4.32. The highest BCUT2D eigenvalue weighted by Crippen LogP contribution is 2.26. The van der Waals surface area contributed by atoms with Gasteiger partial charge in [0.1, 0.15) is 11.5 Å². The molecular weight excluding hydrogens is 324 g/mol. The smallest absolute Gasteiger partial charge is 0.254 e. The van der Waals surface area contributed by atoms with E-state index in [4.69, 9.17) is 10.5 Å². The number of rotatable bonds is 4. The van der Waals surface area contributed by atoms with Crippen LogP contribution in [0.5, 0.6) is 11.5 Å². The third kappa shape index (κ3) is 4.08. The Kier molecular flexibility index (Phi) is 6.23. The predicted molar refractivity (Wildman–Crippen MR) is 97.9 cm³/mol. The Hall–Kier alpha value is -2.04. The number of carbonyl (C=O) groups is 1. The van der Waals surface area contributed by atoms with Crippen molar-refractivity contribution in [1.29, 1.82) is 0 Å². The fraction of sp³-hybridized carbons (Fsp3) is 0.316. The maximum atomic E-state index is 12.8. The number of para-hydroxylation sites is 1. The van der Waals surface area contributed by atoms with Gasteiger partial charge in [-0.15, -0.1) is 12.4 Å². The summed E-state index contributed by atoms with van der Waals surface area (Å²) in [6.07, 6.45) is 0.975. The molecule has 1 amide bonds. The standard InChI is InChI=1S/C19H22N2O2.ClH/c1-14-10-15(12-20)13-21(14)19(22)16-6-5-9-18(11-16)23-17-7-3-2-4-8-17;/h2-9,11,14-15H,10,12-13,20H2,1H3;1H. The van der Waals surface area contributed by atoms with Gasteiger partial charge in [0.25, 0.3) is 5.91 Å². The molecule has 5 heteroatoms. The molecule has 3 rings (SSSR count). The van der Waals surface area contributed by atoms with E-state index in [9.17, 15) is 4.79 Å². The molecule has 0 radical (unpaired) electrons. The van der Waals surface area contributed by atoms with Crippen LogP contribution < -0.4 is 10.5 Å². The Bertz CT molecular complexity index is 678. The summed E-state index contributed by atoms with van der Waals surface area (Å²) in [7, 11) is 0. The molecule has 1 aliphatic rings. The molecule has 0 aliphatic carbocycles. The SMILES string of the molecule is CC1CC(CN)CN1C(=O)c1cccc(Oc2ccccc2)c1.Cl. The average Bonchev–Trinajstić information content (AvgIpc) is 2.96. The Morgan fingerprint density at radius 3 is 2.54 bits per heavy atom. The van der Waals surface area contributed by atoms with Crippen LogP contribution in [-0.4, -0.2) is 29.9 Å². The number of hydrogen-bond donors (Lipinski definition) is 1. The molecule has 4 nitrogen and oxygen atoms in total. The maximum absolute atomic E-state index is 12.8. The lowest BCUT2D eigenvalue weighted by atomic mass is 10.1. The van der Waals surface area contributed by atoms with Crippen molar-refractivity contribution in [2.45, 2.75) is 19.4 Å². The fourth-order valence-electron chi connectivity index (χ4n) is 3.08. The molecule has 0 aromatic heterocycles. The van der Waals surface area contributed by atoms with Crippen LogP contribution in [0.25, 0.3) is 0 Å². The van der Waals surface area contributed by atoms with Crippen LogP contribution in [0.1, 0.15) is 23.7 Å². The van der Waals surface area contributed by atoms with E-state index < -0.39 is 0 Å². The first-order valence-corrected chi connectivity index (χ1v) is 8.01. The fourth-order valence-corrected chi connectivity index (χ4v) is 3.08. The molecule has 1 heterocycles. The summed E-state index contributed by atoms with van der Waals surface area (Å²) in [5.41, 5.74) is 6.40. The van der Waals surface area contributed by atoms with Gasteiger partial charge in [0, 0.05) is 18.2 Å². The Morgan fingerprint density at radius 1 is 1.17 bits per heavy atom. The quantitative estimate of drug-likeness (QED) is 0.918. The van der Waals surface area contributed by atoms with Gasteiger partial charge in [-0.05, 0) is 56.1 Å². The number of benzene rings is 2. The first kappa shape index (κ1) is 18.3. The zero-order valence-electron chi connectivity index (χ0n) is 13.7. The second-order valence-corrected chi connectivity index (χ2v) is 6.09. The second-order valence-electron chi connectivity index (χ2n) is 6.09. The molecule has 2 aromatic carbocycles. The van der Waals surface area contributed by atoms with Crippen molar-refractivity contribution < 1.29 is 9.53 Å². The molecule has 2 unspecified atom stereocenters. The molecule has 0 bridgehead atoms. The van der Waals surface area contributed by atoms with Crippen LogP contribution in [0.15, 0.2) is 54.6 Å². The topological polar surface area (TPSA) is 55.6 Å². The summed E-state index contributed by atoms with van der Waals surface area (Å²) < 4.78 is 5.81. The molecule has 2 atom stereocenters. The number of nitrogens with zero attached hydrogens (tertiary/aromatic N) is 1. The summed E-state index contributed by atoms with van der Waals surface area (Å²) in [4.78, 5) is 14.7. The summed E-state index contributed by atoms with van der Waals surface area (Å²) in [6, 6.07) is 17.1. The maximum Gasteiger partial charge on any atom is 0.254 e. The number of ether oxygens (including phenoxy) is 1. The van der Waals surface area contributed by atoms with Crippen LogP contribution >= 0.6 is 12.4 Å². The van der Waals surface area contributed by atoms with E-state index in [1.165, 1.54) is 0 Å². The van der Waals surface area contributed by atoms with Gasteiger partial charge in [-0.3, -0.25) is 4.79 Å². The van der Waals surface area contributed by atoms with Crippen molar-refractivity contribution in [2.24, 2.45) is 11.7 Å². The van der Waals surface area contributed by atoms with Crippen molar-refractivity contribution in [2.75, 3.05) is 13.1 Å². The summed E-state index contributed by atoms with van der Waals surface area (Å²) in [6.45, 7) is 3.45. The molecule has 128 valence electrons. The minimum absolute atomic E-state index is 0. The van der Waals surface area contributed by atoms with Crippen LogP contribution in [0, 0.1) is 5.92 Å². The van der Waals surface area contributed by atoms with Crippen molar-refractivity contribution >= 4 is 18.3 Å². The van der Waals surface area contributed by atoms with Crippen molar-refractivity contribution in [3.63, 3.8) is 0 Å². The van der Waals surface area contributed by atoms with Gasteiger partial charge in [0.05, 0.1) is 0 Å². The van der Waals surface area contributed by atoms with Crippen LogP contribution in [0.3, 0.4) is 0 Å². The normalized spacial score (nSPS) is 19.7. The Morgan fingerprint density at radius 2 is 1.88 bits per heavy atom. The molecule has 1 aliphatic heterocycles. The number of amides is 1.